The molecule has 0 heterocycles. The van der Waals surface area contributed by atoms with Gasteiger partial charge >= 0.3 is 5.97 Å². The molecule has 4 N–H and O–H groups in total. The number of benzene rings is 1. The van der Waals surface area contributed by atoms with Gasteiger partial charge < -0.3 is 16.2 Å². The number of rotatable bonds is 5. The van der Waals surface area contributed by atoms with Gasteiger partial charge in [-0.3, -0.25) is 4.79 Å². The Kier molecular flexibility index (Phi) is 5.15. The second kappa shape index (κ2) is 6.42. The fourth-order valence-corrected chi connectivity index (χ4v) is 1.48. The maximum atomic E-state index is 13.1. The third-order valence-electron chi connectivity index (χ3n) is 2.84. The Hall–Kier alpha value is -2.02. The number of carbonyl (C=O) groups excluding carboxylic acids is 1. The van der Waals surface area contributed by atoms with Crippen LogP contribution in [-0.2, 0) is 4.79 Å². The Balaban J connectivity index is 2.94. The van der Waals surface area contributed by atoms with Crippen LogP contribution in [0, 0.1) is 17.6 Å². The smallest absolute Gasteiger partial charge is 0.337 e. The fraction of sp³-hybridized carbons (Fsp3) is 0.385. The highest BCUT2D eigenvalue weighted by atomic mass is 19.2. The number of halogens is 2. The second-order valence-electron chi connectivity index (χ2n) is 4.78. The molecule has 1 rings (SSSR count). The maximum Gasteiger partial charge on any atom is 0.337 e. The average Bonchev–Trinajstić information content (AvgIpc) is 2.32. The molecule has 0 aromatic heterocycles. The molecule has 0 saturated heterocycles. The number of hydrogen-bond donors (Lipinski definition) is 3. The third-order valence-corrected chi connectivity index (χ3v) is 2.84. The summed E-state index contributed by atoms with van der Waals surface area (Å²) in [4.78, 5) is 22.6. The highest BCUT2D eigenvalue weighted by molar-refractivity contribution is 6.00. The van der Waals surface area contributed by atoms with Gasteiger partial charge in [0, 0.05) is 18.5 Å². The van der Waals surface area contributed by atoms with Gasteiger partial charge in [-0.05, 0) is 12.0 Å². The van der Waals surface area contributed by atoms with Gasteiger partial charge in [-0.1, -0.05) is 13.8 Å². The number of anilines is 1. The predicted molar refractivity (Wildman–Crippen MR) is 69.4 cm³/mol. The lowest BCUT2D eigenvalue weighted by Gasteiger charge is -2.15. The minimum Gasteiger partial charge on any atom is -0.478 e. The van der Waals surface area contributed by atoms with E-state index in [9.17, 15) is 18.4 Å². The van der Waals surface area contributed by atoms with Gasteiger partial charge in [0.05, 0.1) is 11.3 Å². The van der Waals surface area contributed by atoms with Gasteiger partial charge in [0.25, 0.3) is 0 Å². The number of carboxylic acid groups (broad SMARTS) is 1. The van der Waals surface area contributed by atoms with Crippen molar-refractivity contribution in [2.24, 2.45) is 11.7 Å². The SMILES string of the molecule is CC(C)C(N)CC(=O)Nc1cc(F)c(F)cc1C(=O)O. The predicted octanol–water partition coefficient (Wildman–Crippen LogP) is 1.97. The maximum absolute atomic E-state index is 13.1. The average molecular weight is 286 g/mol. The number of aromatic carboxylic acids is 1. The summed E-state index contributed by atoms with van der Waals surface area (Å²) in [5, 5.41) is 11.1. The van der Waals surface area contributed by atoms with E-state index in [0.717, 1.165) is 0 Å². The lowest BCUT2D eigenvalue weighted by Crippen LogP contribution is -2.31. The molecule has 1 atom stereocenters. The standard InChI is InChI=1S/C13H16F2N2O3/c1-6(2)10(16)5-12(18)17-11-4-9(15)8(14)3-7(11)13(19)20/h3-4,6,10H,5,16H2,1-2H3,(H,17,18)(H,19,20). The number of nitrogens with two attached hydrogens (primary N) is 1. The van der Waals surface area contributed by atoms with E-state index < -0.39 is 35.1 Å². The first-order valence-electron chi connectivity index (χ1n) is 6.00. The van der Waals surface area contributed by atoms with E-state index in [1.807, 2.05) is 13.8 Å². The normalized spacial score (nSPS) is 12.3. The Morgan fingerprint density at radius 3 is 2.35 bits per heavy atom. The lowest BCUT2D eigenvalue weighted by molar-refractivity contribution is -0.116. The van der Waals surface area contributed by atoms with Crippen molar-refractivity contribution in [2.75, 3.05) is 5.32 Å². The van der Waals surface area contributed by atoms with Crippen molar-refractivity contribution in [3.05, 3.63) is 29.3 Å². The van der Waals surface area contributed by atoms with Crippen LogP contribution < -0.4 is 11.1 Å². The van der Waals surface area contributed by atoms with Crippen molar-refractivity contribution in [3.8, 4) is 0 Å². The molecule has 0 radical (unpaired) electrons. The summed E-state index contributed by atoms with van der Waals surface area (Å²) >= 11 is 0. The van der Waals surface area contributed by atoms with Crippen LogP contribution in [0.1, 0.15) is 30.6 Å². The molecule has 0 saturated carbocycles. The number of carboxylic acids is 1. The summed E-state index contributed by atoms with van der Waals surface area (Å²) in [7, 11) is 0. The molecule has 0 aliphatic heterocycles. The second-order valence-corrected chi connectivity index (χ2v) is 4.78. The molecule has 0 aliphatic carbocycles. The molecule has 0 fully saturated rings. The largest absolute Gasteiger partial charge is 0.478 e. The van der Waals surface area contributed by atoms with Crippen LogP contribution in [0.3, 0.4) is 0 Å². The van der Waals surface area contributed by atoms with Gasteiger partial charge in [0.15, 0.2) is 11.6 Å². The summed E-state index contributed by atoms with van der Waals surface area (Å²) < 4.78 is 26.1. The summed E-state index contributed by atoms with van der Waals surface area (Å²) in [6.07, 6.45) is -0.0459. The molecule has 1 unspecified atom stereocenters. The van der Waals surface area contributed by atoms with Crippen LogP contribution in [0.4, 0.5) is 14.5 Å². The van der Waals surface area contributed by atoms with E-state index in [2.05, 4.69) is 5.32 Å². The van der Waals surface area contributed by atoms with Gasteiger partial charge in [0.1, 0.15) is 0 Å². The Labute approximate surface area is 114 Å². The molecule has 1 aromatic carbocycles. The van der Waals surface area contributed by atoms with Crippen molar-refractivity contribution >= 4 is 17.6 Å². The highest BCUT2D eigenvalue weighted by Crippen LogP contribution is 2.20. The zero-order valence-electron chi connectivity index (χ0n) is 11.1. The number of nitrogens with one attached hydrogen (secondary N) is 1. The number of amides is 1. The highest BCUT2D eigenvalue weighted by Gasteiger charge is 2.19. The summed E-state index contributed by atoms with van der Waals surface area (Å²) in [5.74, 6) is -4.49. The van der Waals surface area contributed by atoms with Crippen LogP contribution in [0.5, 0.6) is 0 Å². The van der Waals surface area contributed by atoms with Crippen molar-refractivity contribution in [1.29, 1.82) is 0 Å². The molecule has 110 valence electrons. The van der Waals surface area contributed by atoms with E-state index in [4.69, 9.17) is 10.8 Å². The van der Waals surface area contributed by atoms with E-state index in [1.165, 1.54) is 0 Å². The zero-order valence-corrected chi connectivity index (χ0v) is 11.1. The first kappa shape index (κ1) is 16.0. The van der Waals surface area contributed by atoms with Gasteiger partial charge in [-0.15, -0.1) is 0 Å². The van der Waals surface area contributed by atoms with Crippen LogP contribution in [0.15, 0.2) is 12.1 Å². The molecular formula is C13H16F2N2O3. The molecule has 20 heavy (non-hydrogen) atoms. The minimum atomic E-state index is -1.47. The first-order valence-corrected chi connectivity index (χ1v) is 6.00. The van der Waals surface area contributed by atoms with Crippen LogP contribution in [0.2, 0.25) is 0 Å². The van der Waals surface area contributed by atoms with Crippen molar-refractivity contribution in [3.63, 3.8) is 0 Å². The van der Waals surface area contributed by atoms with Crippen LogP contribution in [0.25, 0.3) is 0 Å². The topological polar surface area (TPSA) is 92.4 Å². The van der Waals surface area contributed by atoms with E-state index in [1.54, 1.807) is 0 Å². The Morgan fingerprint density at radius 1 is 1.30 bits per heavy atom. The molecule has 0 aliphatic rings. The molecule has 0 bridgehead atoms. The fourth-order valence-electron chi connectivity index (χ4n) is 1.48. The van der Waals surface area contributed by atoms with E-state index in [0.29, 0.717) is 12.1 Å². The molecule has 5 nitrogen and oxygen atoms in total. The molecule has 1 amide bonds. The van der Waals surface area contributed by atoms with Crippen LogP contribution in [-0.4, -0.2) is 23.0 Å². The van der Waals surface area contributed by atoms with Crippen molar-refractivity contribution < 1.29 is 23.5 Å². The summed E-state index contributed by atoms with van der Waals surface area (Å²) in [5.41, 5.74) is 4.90. The molecule has 7 heteroatoms. The summed E-state index contributed by atoms with van der Waals surface area (Å²) in [6, 6.07) is 0.751. The van der Waals surface area contributed by atoms with Crippen molar-refractivity contribution in [1.82, 2.24) is 0 Å². The molecular weight excluding hydrogens is 270 g/mol. The number of hydrogen-bond acceptors (Lipinski definition) is 3. The Bertz CT molecular complexity index is 533. The van der Waals surface area contributed by atoms with Gasteiger partial charge in [-0.2, -0.15) is 0 Å². The molecule has 0 spiro atoms. The monoisotopic (exact) mass is 286 g/mol. The quantitative estimate of drug-likeness (QED) is 0.771. The lowest BCUT2D eigenvalue weighted by atomic mass is 10.0. The number of carbonyl (C=O) groups is 2. The zero-order chi connectivity index (χ0) is 15.4. The minimum absolute atomic E-state index is 0.0459. The molecule has 1 aromatic rings. The van der Waals surface area contributed by atoms with Crippen molar-refractivity contribution in [2.45, 2.75) is 26.3 Å². The first-order chi connectivity index (χ1) is 9.22. The van der Waals surface area contributed by atoms with Crippen LogP contribution >= 0.6 is 0 Å². The Morgan fingerprint density at radius 2 is 1.85 bits per heavy atom. The van der Waals surface area contributed by atoms with E-state index >= 15 is 0 Å². The third kappa shape index (κ3) is 3.99. The van der Waals surface area contributed by atoms with E-state index in [-0.39, 0.29) is 18.0 Å². The van der Waals surface area contributed by atoms with Gasteiger partial charge in [-0.25, -0.2) is 13.6 Å². The van der Waals surface area contributed by atoms with Gasteiger partial charge in [0.2, 0.25) is 5.91 Å². The summed E-state index contributed by atoms with van der Waals surface area (Å²) in [6.45, 7) is 3.66.